The first-order chi connectivity index (χ1) is 28.6. The molecular weight excluding hydrogens is 703 g/mol. The molecule has 2 aliphatic rings. The van der Waals surface area contributed by atoms with E-state index in [1.165, 1.54) is 66.8 Å². The Labute approximate surface area is 342 Å². The highest BCUT2D eigenvalue weighted by Gasteiger charge is 2.18. The molecule has 0 amide bonds. The van der Waals surface area contributed by atoms with Crippen molar-refractivity contribution in [1.82, 2.24) is 15.0 Å². The lowest BCUT2D eigenvalue weighted by Gasteiger charge is -2.19. The van der Waals surface area contributed by atoms with Crippen LogP contribution in [0.2, 0.25) is 0 Å². The van der Waals surface area contributed by atoms with E-state index in [0.29, 0.717) is 12.2 Å². The number of nitrogens with zero attached hydrogens (tertiary/aromatic N) is 3. The van der Waals surface area contributed by atoms with Crippen LogP contribution < -0.4 is 0 Å². The number of aryl methyl sites for hydroxylation is 1. The normalized spacial score (nSPS) is 13.7. The van der Waals surface area contributed by atoms with Gasteiger partial charge in [-0.05, 0) is 100 Å². The predicted molar refractivity (Wildman–Crippen MR) is 242 cm³/mol. The third-order valence-corrected chi connectivity index (χ3v) is 10.9. The Morgan fingerprint density at radius 3 is 1.64 bits per heavy atom. The van der Waals surface area contributed by atoms with E-state index in [0.717, 1.165) is 48.5 Å². The minimum absolute atomic E-state index is 0.642. The standard InChI is InChI=1S/C55H45N3/c1-39-32-42(34-40-18-17-19-41(31-30-40)36-53-56-54(46-26-13-5-14-27-46)58-55(57-53)47-28-15-6-16-29-47)35-48(33-39)52-38-50(44-22-9-3-10-23-44)49(43-20-7-2-8-21-43)37-51(52)45-24-11-4-12-25-45/h2-5,7-15,17-29,31-33,35,37-38H,6,16,30,34,36H2,1H3. The number of benzene rings is 6. The zero-order valence-electron chi connectivity index (χ0n) is 32.9. The molecule has 3 heteroatoms. The third kappa shape index (κ3) is 8.40. The van der Waals surface area contributed by atoms with Gasteiger partial charge in [0.25, 0.3) is 0 Å². The summed E-state index contributed by atoms with van der Waals surface area (Å²) in [6, 6.07) is 54.5. The molecule has 1 heterocycles. The van der Waals surface area contributed by atoms with Crippen LogP contribution in [-0.4, -0.2) is 15.0 Å². The second-order valence-corrected chi connectivity index (χ2v) is 15.2. The van der Waals surface area contributed by atoms with Gasteiger partial charge < -0.3 is 0 Å². The van der Waals surface area contributed by atoms with Crippen molar-refractivity contribution in [3.8, 4) is 55.9 Å². The molecule has 3 nitrogen and oxygen atoms in total. The van der Waals surface area contributed by atoms with Gasteiger partial charge in [0.1, 0.15) is 5.82 Å². The van der Waals surface area contributed by atoms with Crippen LogP contribution in [0.25, 0.3) is 61.5 Å². The molecule has 0 radical (unpaired) electrons. The Morgan fingerprint density at radius 1 is 0.483 bits per heavy atom. The second kappa shape index (κ2) is 17.0. The summed E-state index contributed by atoms with van der Waals surface area (Å²) in [4.78, 5) is 14.9. The van der Waals surface area contributed by atoms with E-state index in [4.69, 9.17) is 15.0 Å². The van der Waals surface area contributed by atoms with Crippen molar-refractivity contribution in [2.75, 3.05) is 0 Å². The largest absolute Gasteiger partial charge is 0.213 e. The van der Waals surface area contributed by atoms with Gasteiger partial charge in [0.15, 0.2) is 11.6 Å². The molecule has 0 N–H and O–H groups in total. The highest BCUT2D eigenvalue weighted by Crippen LogP contribution is 2.42. The molecule has 0 fully saturated rings. The van der Waals surface area contributed by atoms with Crippen LogP contribution in [0.1, 0.15) is 42.0 Å². The molecular formula is C55H45N3. The Hall–Kier alpha value is -6.97. The van der Waals surface area contributed by atoms with E-state index in [2.05, 4.69) is 183 Å². The van der Waals surface area contributed by atoms with Crippen LogP contribution in [0.3, 0.4) is 0 Å². The summed E-state index contributed by atoms with van der Waals surface area (Å²) in [5.74, 6) is 2.25. The van der Waals surface area contributed by atoms with Crippen molar-refractivity contribution in [3.63, 3.8) is 0 Å². The molecule has 58 heavy (non-hydrogen) atoms. The van der Waals surface area contributed by atoms with Crippen molar-refractivity contribution in [2.24, 2.45) is 0 Å². The first-order valence-electron chi connectivity index (χ1n) is 20.3. The van der Waals surface area contributed by atoms with Gasteiger partial charge in [-0.1, -0.05) is 193 Å². The summed E-state index contributed by atoms with van der Waals surface area (Å²) >= 11 is 0. The van der Waals surface area contributed by atoms with Crippen LogP contribution in [0.4, 0.5) is 0 Å². The predicted octanol–water partition coefficient (Wildman–Crippen LogP) is 13.8. The summed E-state index contributed by atoms with van der Waals surface area (Å²) < 4.78 is 0. The number of hydrogen-bond acceptors (Lipinski definition) is 3. The van der Waals surface area contributed by atoms with Crippen LogP contribution in [0, 0.1) is 6.92 Å². The fourth-order valence-corrected chi connectivity index (χ4v) is 8.06. The molecule has 1 aromatic heterocycles. The Bertz CT molecular complexity index is 2720. The maximum absolute atomic E-state index is 4.99. The third-order valence-electron chi connectivity index (χ3n) is 10.9. The van der Waals surface area contributed by atoms with Gasteiger partial charge in [0, 0.05) is 17.6 Å². The fourth-order valence-electron chi connectivity index (χ4n) is 8.06. The summed E-state index contributed by atoms with van der Waals surface area (Å²) in [6.45, 7) is 2.22. The lowest BCUT2D eigenvalue weighted by Crippen LogP contribution is -2.06. The van der Waals surface area contributed by atoms with Gasteiger partial charge in [-0.2, -0.15) is 0 Å². The molecule has 0 saturated heterocycles. The molecule has 0 aliphatic heterocycles. The molecule has 0 saturated carbocycles. The molecule has 0 bridgehead atoms. The molecule has 0 spiro atoms. The van der Waals surface area contributed by atoms with Crippen molar-refractivity contribution in [1.29, 1.82) is 0 Å². The van der Waals surface area contributed by atoms with E-state index < -0.39 is 0 Å². The van der Waals surface area contributed by atoms with Gasteiger partial charge in [-0.25, -0.2) is 15.0 Å². The first-order valence-corrected chi connectivity index (χ1v) is 20.3. The summed E-state index contributed by atoms with van der Waals surface area (Å²) in [5, 5.41) is 0. The van der Waals surface area contributed by atoms with Gasteiger partial charge >= 0.3 is 0 Å². The van der Waals surface area contributed by atoms with Crippen molar-refractivity contribution in [3.05, 3.63) is 228 Å². The first kappa shape index (κ1) is 36.7. The fraction of sp³-hybridized carbons (Fsp3) is 0.109. The second-order valence-electron chi connectivity index (χ2n) is 15.2. The van der Waals surface area contributed by atoms with E-state index in [9.17, 15) is 0 Å². The Morgan fingerprint density at radius 2 is 1.05 bits per heavy atom. The van der Waals surface area contributed by atoms with Crippen molar-refractivity contribution in [2.45, 2.75) is 39.0 Å². The minimum atomic E-state index is 0.642. The monoisotopic (exact) mass is 747 g/mol. The topological polar surface area (TPSA) is 38.7 Å². The lowest BCUT2D eigenvalue weighted by atomic mass is 9.84. The molecule has 0 unspecified atom stereocenters. The van der Waals surface area contributed by atoms with Gasteiger partial charge in [0.2, 0.25) is 0 Å². The van der Waals surface area contributed by atoms with Crippen LogP contribution in [0.15, 0.2) is 205 Å². The minimum Gasteiger partial charge on any atom is -0.213 e. The van der Waals surface area contributed by atoms with E-state index >= 15 is 0 Å². The SMILES string of the molecule is Cc1cc(CC2=CC=CC(Cc3nc(C4=CCCC=C4)nc(-c4ccccc4)n3)=CC2)cc(-c2cc(-c3ccccc3)c(-c3ccccc3)cc2-c2ccccc2)c1. The number of rotatable bonds is 10. The molecule has 2 aliphatic carbocycles. The summed E-state index contributed by atoms with van der Waals surface area (Å²) in [6.07, 6.45) is 20.0. The van der Waals surface area contributed by atoms with E-state index in [-0.39, 0.29) is 0 Å². The highest BCUT2D eigenvalue weighted by atomic mass is 15.0. The Balaban J connectivity index is 1.03. The quantitative estimate of drug-likeness (QED) is 0.140. The zero-order chi connectivity index (χ0) is 39.1. The Kier molecular flexibility index (Phi) is 10.8. The van der Waals surface area contributed by atoms with E-state index in [1.807, 2.05) is 18.2 Å². The number of allylic oxidation sites excluding steroid dienone is 10. The zero-order valence-corrected chi connectivity index (χ0v) is 32.9. The maximum atomic E-state index is 4.99. The molecule has 0 atom stereocenters. The maximum Gasteiger partial charge on any atom is 0.163 e. The average molecular weight is 748 g/mol. The van der Waals surface area contributed by atoms with Crippen LogP contribution in [0.5, 0.6) is 0 Å². The van der Waals surface area contributed by atoms with Crippen molar-refractivity contribution < 1.29 is 0 Å². The van der Waals surface area contributed by atoms with Gasteiger partial charge in [-0.15, -0.1) is 0 Å². The highest BCUT2D eigenvalue weighted by molar-refractivity contribution is 5.95. The molecule has 280 valence electrons. The smallest absolute Gasteiger partial charge is 0.163 e. The number of aromatic nitrogens is 3. The molecule has 6 aromatic carbocycles. The lowest BCUT2D eigenvalue weighted by molar-refractivity contribution is 0.903. The number of hydrogen-bond donors (Lipinski definition) is 0. The van der Waals surface area contributed by atoms with Crippen molar-refractivity contribution >= 4 is 5.57 Å². The van der Waals surface area contributed by atoms with Crippen LogP contribution >= 0.6 is 0 Å². The van der Waals surface area contributed by atoms with Gasteiger partial charge in [-0.3, -0.25) is 0 Å². The molecule has 9 rings (SSSR count). The summed E-state index contributed by atoms with van der Waals surface area (Å²) in [7, 11) is 0. The average Bonchev–Trinajstić information content (AvgIpc) is 3.51. The van der Waals surface area contributed by atoms with Gasteiger partial charge in [0.05, 0.1) is 0 Å². The van der Waals surface area contributed by atoms with E-state index in [1.54, 1.807) is 0 Å². The van der Waals surface area contributed by atoms with Crippen LogP contribution in [-0.2, 0) is 12.8 Å². The summed E-state index contributed by atoms with van der Waals surface area (Å²) in [5.41, 5.74) is 17.0. The molecule has 7 aromatic rings.